The Morgan fingerprint density at radius 2 is 2.00 bits per heavy atom. The van der Waals surface area contributed by atoms with Crippen LogP contribution in [0.4, 0.5) is 18.0 Å². The second-order valence-corrected chi connectivity index (χ2v) is 3.37. The lowest BCUT2D eigenvalue weighted by atomic mass is 10.1. The molecular formula is C8H14F3NO3. The number of aliphatic hydroxyl groups excluding tert-OH is 1. The SMILES string of the molecule is CC(C)[C@@H](CO)NC(=O)OCC(F)(F)F. The third-order valence-electron chi connectivity index (χ3n) is 1.67. The number of aliphatic hydroxyl groups is 1. The summed E-state index contributed by atoms with van der Waals surface area (Å²) in [6, 6.07) is -0.606. The second-order valence-electron chi connectivity index (χ2n) is 3.37. The Bertz CT molecular complexity index is 206. The Hall–Kier alpha value is -0.980. The molecule has 0 aromatic rings. The Morgan fingerprint density at radius 1 is 1.47 bits per heavy atom. The monoisotopic (exact) mass is 229 g/mol. The van der Waals surface area contributed by atoms with Crippen molar-refractivity contribution in [3.63, 3.8) is 0 Å². The van der Waals surface area contributed by atoms with Crippen LogP contribution >= 0.6 is 0 Å². The van der Waals surface area contributed by atoms with Crippen LogP contribution in [0.25, 0.3) is 0 Å². The second kappa shape index (κ2) is 5.79. The number of rotatable bonds is 4. The van der Waals surface area contributed by atoms with Crippen molar-refractivity contribution in [1.29, 1.82) is 0 Å². The molecule has 4 nitrogen and oxygen atoms in total. The summed E-state index contributed by atoms with van der Waals surface area (Å²) < 4.78 is 38.8. The van der Waals surface area contributed by atoms with Crippen molar-refractivity contribution in [3.05, 3.63) is 0 Å². The van der Waals surface area contributed by atoms with Gasteiger partial charge >= 0.3 is 12.3 Å². The van der Waals surface area contributed by atoms with Crippen LogP contribution in [0.15, 0.2) is 0 Å². The van der Waals surface area contributed by atoms with E-state index >= 15 is 0 Å². The highest BCUT2D eigenvalue weighted by Crippen LogP contribution is 2.14. The van der Waals surface area contributed by atoms with Gasteiger partial charge in [0.2, 0.25) is 0 Å². The summed E-state index contributed by atoms with van der Waals surface area (Å²) in [6.07, 6.45) is -5.72. The van der Waals surface area contributed by atoms with E-state index in [0.717, 1.165) is 0 Å². The van der Waals surface area contributed by atoms with Gasteiger partial charge in [0.15, 0.2) is 6.61 Å². The van der Waals surface area contributed by atoms with Crippen molar-refractivity contribution in [2.75, 3.05) is 13.2 Å². The molecular weight excluding hydrogens is 215 g/mol. The van der Waals surface area contributed by atoms with Crippen LogP contribution in [-0.2, 0) is 4.74 Å². The Kier molecular flexibility index (Phi) is 5.41. The number of hydrogen-bond donors (Lipinski definition) is 2. The number of alkyl carbamates (subject to hydrolysis) is 1. The van der Waals surface area contributed by atoms with Gasteiger partial charge < -0.3 is 15.2 Å². The molecule has 0 heterocycles. The van der Waals surface area contributed by atoms with Crippen LogP contribution in [0.5, 0.6) is 0 Å². The van der Waals surface area contributed by atoms with E-state index in [4.69, 9.17) is 5.11 Å². The van der Waals surface area contributed by atoms with E-state index in [2.05, 4.69) is 10.1 Å². The number of carbonyl (C=O) groups excluding carboxylic acids is 1. The maximum absolute atomic E-state index is 11.6. The molecule has 90 valence electrons. The molecule has 1 atom stereocenters. The first-order chi connectivity index (χ1) is 6.76. The summed E-state index contributed by atoms with van der Waals surface area (Å²) in [7, 11) is 0. The molecule has 0 bridgehead atoms. The number of amides is 1. The van der Waals surface area contributed by atoms with Gasteiger partial charge in [0.05, 0.1) is 12.6 Å². The Balaban J connectivity index is 3.92. The fraction of sp³-hybridized carbons (Fsp3) is 0.875. The van der Waals surface area contributed by atoms with Crippen LogP contribution in [0.2, 0.25) is 0 Å². The molecule has 0 aromatic heterocycles. The number of alkyl halides is 3. The highest BCUT2D eigenvalue weighted by atomic mass is 19.4. The molecule has 1 amide bonds. The first-order valence-corrected chi connectivity index (χ1v) is 4.37. The standard InChI is InChI=1S/C8H14F3NO3/c1-5(2)6(3-13)12-7(14)15-4-8(9,10)11/h5-6,13H,3-4H2,1-2H3,(H,12,14)/t6-/m1/s1. The maximum Gasteiger partial charge on any atom is 0.422 e. The minimum atomic E-state index is -4.54. The van der Waals surface area contributed by atoms with Crippen LogP contribution in [-0.4, -0.2) is 36.6 Å². The lowest BCUT2D eigenvalue weighted by molar-refractivity contribution is -0.160. The minimum absolute atomic E-state index is 0.0894. The molecule has 0 saturated heterocycles. The number of halogens is 3. The quantitative estimate of drug-likeness (QED) is 0.763. The highest BCUT2D eigenvalue weighted by molar-refractivity contribution is 5.67. The molecule has 7 heteroatoms. The molecule has 0 aliphatic rings. The van der Waals surface area contributed by atoms with Gasteiger partial charge in [0.25, 0.3) is 0 Å². The number of nitrogens with one attached hydrogen (secondary N) is 1. The Labute approximate surface area is 85.4 Å². The lowest BCUT2D eigenvalue weighted by Gasteiger charge is -2.19. The van der Waals surface area contributed by atoms with Crippen molar-refractivity contribution >= 4 is 6.09 Å². The predicted octanol–water partition coefficient (Wildman–Crippen LogP) is 1.29. The predicted molar refractivity (Wildman–Crippen MR) is 46.3 cm³/mol. The fourth-order valence-corrected chi connectivity index (χ4v) is 0.764. The van der Waals surface area contributed by atoms with Crippen LogP contribution in [0.1, 0.15) is 13.8 Å². The normalized spacial score (nSPS) is 13.8. The molecule has 0 saturated carbocycles. The zero-order valence-corrected chi connectivity index (χ0v) is 8.47. The van der Waals surface area contributed by atoms with Crippen LogP contribution in [0, 0.1) is 5.92 Å². The van der Waals surface area contributed by atoms with E-state index < -0.39 is 24.9 Å². The van der Waals surface area contributed by atoms with E-state index in [-0.39, 0.29) is 12.5 Å². The summed E-state index contributed by atoms with van der Waals surface area (Å²) in [4.78, 5) is 10.8. The van der Waals surface area contributed by atoms with Gasteiger partial charge in [-0.3, -0.25) is 0 Å². The minimum Gasteiger partial charge on any atom is -0.440 e. The molecule has 15 heavy (non-hydrogen) atoms. The Morgan fingerprint density at radius 3 is 2.33 bits per heavy atom. The van der Waals surface area contributed by atoms with Gasteiger partial charge in [0.1, 0.15) is 0 Å². The molecule has 0 aliphatic carbocycles. The first-order valence-electron chi connectivity index (χ1n) is 4.37. The van der Waals surface area contributed by atoms with Crippen LogP contribution in [0.3, 0.4) is 0 Å². The van der Waals surface area contributed by atoms with E-state index in [9.17, 15) is 18.0 Å². The van der Waals surface area contributed by atoms with Crippen LogP contribution < -0.4 is 5.32 Å². The van der Waals surface area contributed by atoms with Crippen molar-refractivity contribution in [2.24, 2.45) is 5.92 Å². The van der Waals surface area contributed by atoms with Gasteiger partial charge in [-0.05, 0) is 5.92 Å². The number of ether oxygens (including phenoxy) is 1. The summed E-state index contributed by atoms with van der Waals surface area (Å²) in [5.74, 6) is -0.0894. The number of carbonyl (C=O) groups is 1. The van der Waals surface area contributed by atoms with Gasteiger partial charge in [-0.1, -0.05) is 13.8 Å². The molecule has 0 aliphatic heterocycles. The first kappa shape index (κ1) is 14.0. The molecule has 0 unspecified atom stereocenters. The zero-order valence-electron chi connectivity index (χ0n) is 8.47. The summed E-state index contributed by atoms with van der Waals surface area (Å²) in [5.41, 5.74) is 0. The maximum atomic E-state index is 11.6. The topological polar surface area (TPSA) is 58.6 Å². The summed E-state index contributed by atoms with van der Waals surface area (Å²) in [5, 5.41) is 10.9. The fourth-order valence-electron chi connectivity index (χ4n) is 0.764. The molecule has 0 aromatic carbocycles. The molecule has 2 N–H and O–H groups in total. The third kappa shape index (κ3) is 7.01. The summed E-state index contributed by atoms with van der Waals surface area (Å²) >= 11 is 0. The molecule has 0 radical (unpaired) electrons. The smallest absolute Gasteiger partial charge is 0.422 e. The van der Waals surface area contributed by atoms with Crippen molar-refractivity contribution in [3.8, 4) is 0 Å². The van der Waals surface area contributed by atoms with Gasteiger partial charge in [-0.25, -0.2) is 4.79 Å². The summed E-state index contributed by atoms with van der Waals surface area (Å²) in [6.45, 7) is 1.45. The highest BCUT2D eigenvalue weighted by Gasteiger charge is 2.30. The third-order valence-corrected chi connectivity index (χ3v) is 1.67. The van der Waals surface area contributed by atoms with Crippen molar-refractivity contribution < 1.29 is 27.8 Å². The van der Waals surface area contributed by atoms with Crippen molar-refractivity contribution in [1.82, 2.24) is 5.32 Å². The average Bonchev–Trinajstić information content (AvgIpc) is 2.09. The largest absolute Gasteiger partial charge is 0.440 e. The van der Waals surface area contributed by atoms with E-state index in [1.807, 2.05) is 0 Å². The van der Waals surface area contributed by atoms with Gasteiger partial charge in [0, 0.05) is 0 Å². The van der Waals surface area contributed by atoms with E-state index in [0.29, 0.717) is 0 Å². The zero-order chi connectivity index (χ0) is 12.1. The molecule has 0 spiro atoms. The number of hydrogen-bond acceptors (Lipinski definition) is 3. The van der Waals surface area contributed by atoms with E-state index in [1.165, 1.54) is 0 Å². The average molecular weight is 229 g/mol. The molecule has 0 fully saturated rings. The van der Waals surface area contributed by atoms with E-state index in [1.54, 1.807) is 13.8 Å². The van der Waals surface area contributed by atoms with Crippen molar-refractivity contribution in [2.45, 2.75) is 26.1 Å². The lowest BCUT2D eigenvalue weighted by Crippen LogP contribution is -2.42. The van der Waals surface area contributed by atoms with Gasteiger partial charge in [-0.2, -0.15) is 13.2 Å². The van der Waals surface area contributed by atoms with Gasteiger partial charge in [-0.15, -0.1) is 0 Å². The molecule has 0 rings (SSSR count).